The summed E-state index contributed by atoms with van der Waals surface area (Å²) < 4.78 is 5.25. The Bertz CT molecular complexity index is 620. The Labute approximate surface area is 124 Å². The van der Waals surface area contributed by atoms with E-state index in [2.05, 4.69) is 0 Å². The first-order valence-corrected chi connectivity index (χ1v) is 7.72. The van der Waals surface area contributed by atoms with E-state index in [1.807, 2.05) is 29.2 Å². The highest BCUT2D eigenvalue weighted by Gasteiger charge is 2.67. The third-order valence-electron chi connectivity index (χ3n) is 5.14. The van der Waals surface area contributed by atoms with Crippen LogP contribution in [-0.2, 0) is 20.7 Å². The minimum atomic E-state index is -0.549. The molecule has 1 aromatic rings. The summed E-state index contributed by atoms with van der Waals surface area (Å²) in [4.78, 5) is 26.9. The van der Waals surface area contributed by atoms with Crippen LogP contribution in [-0.4, -0.2) is 29.4 Å². The van der Waals surface area contributed by atoms with Crippen molar-refractivity contribution in [3.05, 3.63) is 35.4 Å². The van der Waals surface area contributed by atoms with Crippen molar-refractivity contribution in [1.29, 1.82) is 0 Å². The van der Waals surface area contributed by atoms with E-state index in [4.69, 9.17) is 4.74 Å². The highest BCUT2D eigenvalue weighted by molar-refractivity contribution is 5.90. The third kappa shape index (κ3) is 1.88. The summed E-state index contributed by atoms with van der Waals surface area (Å²) in [5.41, 5.74) is 2.24. The zero-order valence-electron chi connectivity index (χ0n) is 12.2. The Kier molecular flexibility index (Phi) is 2.65. The number of nitrogens with zero attached hydrogens (tertiary/aromatic N) is 1. The topological polar surface area (TPSA) is 46.6 Å². The highest BCUT2D eigenvalue weighted by atomic mass is 16.5. The van der Waals surface area contributed by atoms with Crippen molar-refractivity contribution < 1.29 is 14.3 Å². The van der Waals surface area contributed by atoms with E-state index < -0.39 is 6.04 Å². The summed E-state index contributed by atoms with van der Waals surface area (Å²) in [6.07, 6.45) is 3.84. The van der Waals surface area contributed by atoms with Gasteiger partial charge in [0.2, 0.25) is 5.91 Å². The maximum atomic E-state index is 12.6. The van der Waals surface area contributed by atoms with Crippen molar-refractivity contribution in [3.63, 3.8) is 0 Å². The number of hydrogen-bond acceptors (Lipinski definition) is 3. The van der Waals surface area contributed by atoms with Gasteiger partial charge in [-0.15, -0.1) is 0 Å². The molecule has 0 N–H and O–H groups in total. The highest BCUT2D eigenvalue weighted by Crippen LogP contribution is 2.69. The van der Waals surface area contributed by atoms with Crippen molar-refractivity contribution in [2.24, 2.45) is 5.41 Å². The molecule has 1 spiro atoms. The van der Waals surface area contributed by atoms with Crippen LogP contribution in [0.3, 0.4) is 0 Å². The second-order valence-electron chi connectivity index (χ2n) is 6.41. The molecule has 2 saturated carbocycles. The van der Waals surface area contributed by atoms with Crippen molar-refractivity contribution in [2.75, 3.05) is 6.61 Å². The quantitative estimate of drug-likeness (QED) is 0.800. The number of ether oxygens (including phenoxy) is 1. The van der Waals surface area contributed by atoms with E-state index in [0.717, 1.165) is 17.5 Å². The zero-order valence-corrected chi connectivity index (χ0v) is 12.2. The second-order valence-corrected chi connectivity index (χ2v) is 6.41. The van der Waals surface area contributed by atoms with Crippen LogP contribution in [0.2, 0.25) is 0 Å². The lowest BCUT2D eigenvalue weighted by atomic mass is 9.91. The van der Waals surface area contributed by atoms with Crippen LogP contribution in [0.5, 0.6) is 0 Å². The van der Waals surface area contributed by atoms with Crippen LogP contribution in [0, 0.1) is 5.41 Å². The lowest BCUT2D eigenvalue weighted by Crippen LogP contribution is -2.46. The molecule has 4 heteroatoms. The van der Waals surface area contributed by atoms with Gasteiger partial charge >= 0.3 is 5.97 Å². The summed E-state index contributed by atoms with van der Waals surface area (Å²) in [6, 6.07) is 7.44. The fourth-order valence-corrected chi connectivity index (χ4v) is 3.74. The number of carbonyl (C=O) groups is 2. The second kappa shape index (κ2) is 4.33. The standard InChI is InChI=1S/C17H19NO3/c1-2-21-16(20)15-12-6-4-3-5-11(12)9-14(19)18(15)13-10-17(13)7-8-17/h3-6,13,15H,2,7-10H2,1H3. The number of fused-ring (bicyclic) bond motifs is 1. The van der Waals surface area contributed by atoms with E-state index in [1.165, 1.54) is 12.8 Å². The van der Waals surface area contributed by atoms with Gasteiger partial charge in [-0.05, 0) is 42.7 Å². The number of amides is 1. The lowest BCUT2D eigenvalue weighted by Gasteiger charge is -2.36. The summed E-state index contributed by atoms with van der Waals surface area (Å²) in [6.45, 7) is 2.15. The summed E-state index contributed by atoms with van der Waals surface area (Å²) in [5.74, 6) is -0.221. The maximum Gasteiger partial charge on any atom is 0.333 e. The van der Waals surface area contributed by atoms with Crippen molar-refractivity contribution >= 4 is 11.9 Å². The third-order valence-corrected chi connectivity index (χ3v) is 5.14. The zero-order chi connectivity index (χ0) is 14.6. The smallest absolute Gasteiger partial charge is 0.333 e. The first kappa shape index (κ1) is 12.9. The monoisotopic (exact) mass is 285 g/mol. The summed E-state index contributed by atoms with van der Waals surface area (Å²) in [5, 5.41) is 0. The molecule has 2 atom stereocenters. The number of hydrogen-bond donors (Lipinski definition) is 0. The van der Waals surface area contributed by atoms with E-state index in [0.29, 0.717) is 18.4 Å². The SMILES string of the molecule is CCOC(=O)C1c2ccccc2CC(=O)N1C1CC12CC2. The van der Waals surface area contributed by atoms with Crippen LogP contribution < -0.4 is 0 Å². The molecule has 0 bridgehead atoms. The van der Waals surface area contributed by atoms with Gasteiger partial charge in [0.05, 0.1) is 13.0 Å². The van der Waals surface area contributed by atoms with E-state index in [1.54, 1.807) is 6.92 Å². The molecule has 2 aliphatic carbocycles. The van der Waals surface area contributed by atoms with Crippen LogP contribution in [0.1, 0.15) is 43.4 Å². The van der Waals surface area contributed by atoms with Gasteiger partial charge in [0.1, 0.15) is 0 Å². The van der Waals surface area contributed by atoms with Crippen molar-refractivity contribution in [3.8, 4) is 0 Å². The molecule has 0 aromatic heterocycles. The first-order chi connectivity index (χ1) is 10.2. The molecular formula is C17H19NO3. The molecule has 2 unspecified atom stereocenters. The Balaban J connectivity index is 1.74. The minimum Gasteiger partial charge on any atom is -0.464 e. The Morgan fingerprint density at radius 3 is 2.81 bits per heavy atom. The fourth-order valence-electron chi connectivity index (χ4n) is 3.74. The van der Waals surface area contributed by atoms with Gasteiger partial charge in [-0.25, -0.2) is 4.79 Å². The normalized spacial score (nSPS) is 28.2. The van der Waals surface area contributed by atoms with Gasteiger partial charge in [0.15, 0.2) is 6.04 Å². The number of esters is 1. The molecule has 110 valence electrons. The van der Waals surface area contributed by atoms with Gasteiger partial charge in [-0.2, -0.15) is 0 Å². The molecule has 3 aliphatic rings. The van der Waals surface area contributed by atoms with Crippen LogP contribution >= 0.6 is 0 Å². The van der Waals surface area contributed by atoms with Gasteiger partial charge in [-0.3, -0.25) is 4.79 Å². The molecule has 21 heavy (non-hydrogen) atoms. The van der Waals surface area contributed by atoms with Crippen LogP contribution in [0.25, 0.3) is 0 Å². The Morgan fingerprint density at radius 2 is 2.14 bits per heavy atom. The van der Waals surface area contributed by atoms with E-state index in [-0.39, 0.29) is 17.9 Å². The molecule has 1 heterocycles. The molecule has 4 rings (SSSR count). The summed E-state index contributed by atoms with van der Waals surface area (Å²) in [7, 11) is 0. The number of carbonyl (C=O) groups excluding carboxylic acids is 2. The van der Waals surface area contributed by atoms with Crippen molar-refractivity contribution in [1.82, 2.24) is 4.90 Å². The van der Waals surface area contributed by atoms with Crippen LogP contribution in [0.15, 0.2) is 24.3 Å². The van der Waals surface area contributed by atoms with Gasteiger partial charge in [0.25, 0.3) is 0 Å². The molecular weight excluding hydrogens is 266 g/mol. The van der Waals surface area contributed by atoms with Gasteiger partial charge < -0.3 is 9.64 Å². The lowest BCUT2D eigenvalue weighted by molar-refractivity contribution is -0.156. The molecule has 0 radical (unpaired) electrons. The van der Waals surface area contributed by atoms with Gasteiger partial charge in [-0.1, -0.05) is 24.3 Å². The predicted molar refractivity (Wildman–Crippen MR) is 76.4 cm³/mol. The summed E-state index contributed by atoms with van der Waals surface area (Å²) >= 11 is 0. The maximum absolute atomic E-state index is 12.6. The van der Waals surface area contributed by atoms with Crippen molar-refractivity contribution in [2.45, 2.75) is 44.7 Å². The molecule has 1 aliphatic heterocycles. The first-order valence-electron chi connectivity index (χ1n) is 7.72. The molecule has 2 fully saturated rings. The van der Waals surface area contributed by atoms with Gasteiger partial charge in [0, 0.05) is 6.04 Å². The number of rotatable bonds is 3. The number of benzene rings is 1. The molecule has 0 saturated heterocycles. The molecule has 1 amide bonds. The van der Waals surface area contributed by atoms with E-state index in [9.17, 15) is 9.59 Å². The largest absolute Gasteiger partial charge is 0.464 e. The molecule has 4 nitrogen and oxygen atoms in total. The Hall–Kier alpha value is -1.84. The predicted octanol–water partition coefficient (Wildman–Crippen LogP) is 2.23. The average Bonchev–Trinajstić information content (AvgIpc) is 3.38. The fraction of sp³-hybridized carbons (Fsp3) is 0.529. The Morgan fingerprint density at radius 1 is 1.38 bits per heavy atom. The average molecular weight is 285 g/mol. The van der Waals surface area contributed by atoms with Crippen LogP contribution in [0.4, 0.5) is 0 Å². The van der Waals surface area contributed by atoms with E-state index >= 15 is 0 Å². The molecule has 1 aromatic carbocycles. The minimum absolute atomic E-state index is 0.0699.